The molecule has 3 N–H and O–H groups in total. The van der Waals surface area contributed by atoms with Gasteiger partial charge >= 0.3 is 0 Å². The van der Waals surface area contributed by atoms with Crippen LogP contribution in [0.3, 0.4) is 0 Å². The minimum Gasteiger partial charge on any atom is -0.379 e. The molecule has 1 rings (SSSR count). The van der Waals surface area contributed by atoms with Gasteiger partial charge in [0.15, 0.2) is 5.96 Å². The van der Waals surface area contributed by atoms with Gasteiger partial charge in [-0.1, -0.05) is 6.92 Å². The third-order valence-electron chi connectivity index (χ3n) is 2.82. The Morgan fingerprint density at radius 3 is 2.82 bits per heavy atom. The van der Waals surface area contributed by atoms with Crippen LogP contribution in [-0.4, -0.2) is 56.8 Å². The number of hydrogen-bond donors (Lipinski definition) is 2. The number of aliphatic imine (C=N–C) groups is 1. The van der Waals surface area contributed by atoms with Gasteiger partial charge in [-0.15, -0.1) is 0 Å². The van der Waals surface area contributed by atoms with Gasteiger partial charge in [-0.2, -0.15) is 0 Å². The summed E-state index contributed by atoms with van der Waals surface area (Å²) in [5, 5.41) is 3.14. The fourth-order valence-electron chi connectivity index (χ4n) is 1.79. The topological polar surface area (TPSA) is 62.9 Å². The highest BCUT2D eigenvalue weighted by Gasteiger charge is 2.08. The summed E-state index contributed by atoms with van der Waals surface area (Å²) in [6.07, 6.45) is 3.38. The Hall–Kier alpha value is -0.810. The average molecular weight is 242 g/mol. The molecule has 100 valence electrons. The predicted molar refractivity (Wildman–Crippen MR) is 71.3 cm³/mol. The van der Waals surface area contributed by atoms with E-state index in [1.165, 1.54) is 6.42 Å². The summed E-state index contributed by atoms with van der Waals surface area (Å²) in [7, 11) is 0. The molecule has 0 aromatic rings. The number of unbranched alkanes of at least 4 members (excludes halogenated alkanes) is 1. The standard InChI is InChI=1S/C12H26N4O/c1-2-5-14-12(13)15-6-3-4-7-16-8-10-17-11-9-16/h2-11H2,1H3,(H3,13,14,15). The fourth-order valence-corrected chi connectivity index (χ4v) is 1.79. The van der Waals surface area contributed by atoms with Gasteiger partial charge in [0.1, 0.15) is 0 Å². The van der Waals surface area contributed by atoms with Gasteiger partial charge < -0.3 is 15.8 Å². The number of nitrogens with two attached hydrogens (primary N) is 1. The molecule has 0 saturated carbocycles. The van der Waals surface area contributed by atoms with Crippen molar-refractivity contribution in [2.45, 2.75) is 26.2 Å². The second-order valence-corrected chi connectivity index (χ2v) is 4.35. The van der Waals surface area contributed by atoms with E-state index in [1.807, 2.05) is 0 Å². The van der Waals surface area contributed by atoms with Gasteiger partial charge in [0, 0.05) is 26.2 Å². The minimum absolute atomic E-state index is 0.582. The SMILES string of the molecule is CCCN=C(N)NCCCCN1CCOCC1. The summed E-state index contributed by atoms with van der Waals surface area (Å²) >= 11 is 0. The number of morpholine rings is 1. The van der Waals surface area contributed by atoms with Crippen LogP contribution in [0.4, 0.5) is 0 Å². The number of hydrogen-bond acceptors (Lipinski definition) is 3. The monoisotopic (exact) mass is 242 g/mol. The Labute approximate surface area is 104 Å². The average Bonchev–Trinajstić information content (AvgIpc) is 2.37. The second kappa shape index (κ2) is 9.24. The van der Waals surface area contributed by atoms with Gasteiger partial charge in [0.2, 0.25) is 0 Å². The molecule has 1 saturated heterocycles. The molecule has 1 heterocycles. The molecule has 5 nitrogen and oxygen atoms in total. The van der Waals surface area contributed by atoms with Crippen LogP contribution in [0.25, 0.3) is 0 Å². The summed E-state index contributed by atoms with van der Waals surface area (Å²) in [4.78, 5) is 6.64. The molecular weight excluding hydrogens is 216 g/mol. The first-order valence-electron chi connectivity index (χ1n) is 6.67. The van der Waals surface area contributed by atoms with E-state index >= 15 is 0 Å². The van der Waals surface area contributed by atoms with E-state index < -0.39 is 0 Å². The third-order valence-corrected chi connectivity index (χ3v) is 2.82. The van der Waals surface area contributed by atoms with E-state index in [-0.39, 0.29) is 0 Å². The number of ether oxygens (including phenoxy) is 1. The largest absolute Gasteiger partial charge is 0.379 e. The molecule has 0 aliphatic carbocycles. The predicted octanol–water partition coefficient (Wildman–Crippen LogP) is 0.413. The summed E-state index contributed by atoms with van der Waals surface area (Å²) in [6, 6.07) is 0. The van der Waals surface area contributed by atoms with E-state index in [0.29, 0.717) is 5.96 Å². The normalized spacial score (nSPS) is 18.3. The summed E-state index contributed by atoms with van der Waals surface area (Å²) in [5.41, 5.74) is 5.70. The summed E-state index contributed by atoms with van der Waals surface area (Å²) < 4.78 is 5.31. The van der Waals surface area contributed by atoms with Crippen molar-refractivity contribution in [3.63, 3.8) is 0 Å². The molecule has 0 spiro atoms. The molecule has 0 unspecified atom stereocenters. The zero-order chi connectivity index (χ0) is 12.3. The van der Waals surface area contributed by atoms with Crippen molar-refractivity contribution in [2.75, 3.05) is 45.9 Å². The smallest absolute Gasteiger partial charge is 0.188 e. The maximum absolute atomic E-state index is 5.70. The molecular formula is C12H26N4O. The lowest BCUT2D eigenvalue weighted by atomic mass is 10.3. The Kier molecular flexibility index (Phi) is 7.75. The maximum atomic E-state index is 5.70. The quantitative estimate of drug-likeness (QED) is 0.386. The van der Waals surface area contributed by atoms with Crippen molar-refractivity contribution >= 4 is 5.96 Å². The molecule has 1 aliphatic heterocycles. The van der Waals surface area contributed by atoms with Gasteiger partial charge in [-0.3, -0.25) is 9.89 Å². The number of nitrogens with one attached hydrogen (secondary N) is 1. The van der Waals surface area contributed by atoms with Crippen LogP contribution in [0.5, 0.6) is 0 Å². The molecule has 0 atom stereocenters. The zero-order valence-corrected chi connectivity index (χ0v) is 11.0. The Morgan fingerprint density at radius 2 is 2.12 bits per heavy atom. The molecule has 1 fully saturated rings. The van der Waals surface area contributed by atoms with E-state index in [9.17, 15) is 0 Å². The second-order valence-electron chi connectivity index (χ2n) is 4.35. The van der Waals surface area contributed by atoms with E-state index in [2.05, 4.69) is 22.1 Å². The molecule has 0 amide bonds. The molecule has 0 radical (unpaired) electrons. The highest BCUT2D eigenvalue weighted by molar-refractivity contribution is 5.77. The van der Waals surface area contributed by atoms with Gasteiger partial charge in [-0.05, 0) is 25.8 Å². The van der Waals surface area contributed by atoms with E-state index in [0.717, 1.165) is 58.8 Å². The van der Waals surface area contributed by atoms with Gasteiger partial charge in [0.05, 0.1) is 13.2 Å². The van der Waals surface area contributed by atoms with Crippen LogP contribution in [0.1, 0.15) is 26.2 Å². The first-order valence-corrected chi connectivity index (χ1v) is 6.67. The summed E-state index contributed by atoms with van der Waals surface area (Å²) in [6.45, 7) is 8.91. The lowest BCUT2D eigenvalue weighted by Gasteiger charge is -2.26. The van der Waals surface area contributed by atoms with Crippen LogP contribution in [-0.2, 0) is 4.74 Å². The Balaban J connectivity index is 1.93. The van der Waals surface area contributed by atoms with E-state index in [4.69, 9.17) is 10.5 Å². The Morgan fingerprint density at radius 1 is 1.35 bits per heavy atom. The molecule has 5 heteroatoms. The maximum Gasteiger partial charge on any atom is 0.188 e. The first kappa shape index (κ1) is 14.3. The van der Waals surface area contributed by atoms with Crippen molar-refractivity contribution in [2.24, 2.45) is 10.7 Å². The number of nitrogens with zero attached hydrogens (tertiary/aromatic N) is 2. The van der Waals surface area contributed by atoms with Crippen molar-refractivity contribution < 1.29 is 4.74 Å². The molecule has 0 bridgehead atoms. The zero-order valence-electron chi connectivity index (χ0n) is 11.0. The van der Waals surface area contributed by atoms with Crippen LogP contribution < -0.4 is 11.1 Å². The van der Waals surface area contributed by atoms with Crippen LogP contribution >= 0.6 is 0 Å². The molecule has 17 heavy (non-hydrogen) atoms. The van der Waals surface area contributed by atoms with Crippen LogP contribution in [0.15, 0.2) is 4.99 Å². The molecule has 0 aromatic carbocycles. The minimum atomic E-state index is 0.582. The first-order chi connectivity index (χ1) is 8.33. The van der Waals surface area contributed by atoms with Crippen molar-refractivity contribution in [1.82, 2.24) is 10.2 Å². The number of guanidine groups is 1. The van der Waals surface area contributed by atoms with Crippen molar-refractivity contribution in [1.29, 1.82) is 0 Å². The van der Waals surface area contributed by atoms with Crippen molar-refractivity contribution in [3.05, 3.63) is 0 Å². The van der Waals surface area contributed by atoms with Crippen LogP contribution in [0.2, 0.25) is 0 Å². The molecule has 1 aliphatic rings. The Bertz CT molecular complexity index is 215. The lowest BCUT2D eigenvalue weighted by Crippen LogP contribution is -2.37. The molecule has 0 aromatic heterocycles. The van der Waals surface area contributed by atoms with Gasteiger partial charge in [0.25, 0.3) is 0 Å². The van der Waals surface area contributed by atoms with Gasteiger partial charge in [-0.25, -0.2) is 0 Å². The van der Waals surface area contributed by atoms with Crippen LogP contribution in [0, 0.1) is 0 Å². The third kappa shape index (κ3) is 7.18. The van der Waals surface area contributed by atoms with E-state index in [1.54, 1.807) is 0 Å². The fraction of sp³-hybridized carbons (Fsp3) is 0.917. The lowest BCUT2D eigenvalue weighted by molar-refractivity contribution is 0.0372. The highest BCUT2D eigenvalue weighted by atomic mass is 16.5. The summed E-state index contributed by atoms with van der Waals surface area (Å²) in [5.74, 6) is 0.582. The highest BCUT2D eigenvalue weighted by Crippen LogP contribution is 1.99. The number of rotatable bonds is 7. The van der Waals surface area contributed by atoms with Crippen molar-refractivity contribution in [3.8, 4) is 0 Å².